The number of fused-ring (bicyclic) bond motifs is 1. The maximum Gasteiger partial charge on any atom is 0.125 e. The van der Waals surface area contributed by atoms with Crippen LogP contribution in [0.15, 0.2) is 42.5 Å². The number of aliphatic hydroxyl groups is 1. The summed E-state index contributed by atoms with van der Waals surface area (Å²) in [7, 11) is 0. The Balaban J connectivity index is 1.81. The zero-order valence-corrected chi connectivity index (χ0v) is 12.5. The molecule has 1 aliphatic carbocycles. The molecule has 21 heavy (non-hydrogen) atoms. The summed E-state index contributed by atoms with van der Waals surface area (Å²) in [5.74, 6) is -0.0763. The lowest BCUT2D eigenvalue weighted by Gasteiger charge is -2.27. The average Bonchev–Trinajstić information content (AvgIpc) is 2.46. The molecule has 2 aromatic rings. The van der Waals surface area contributed by atoms with Crippen molar-refractivity contribution >= 4 is 11.6 Å². The highest BCUT2D eigenvalue weighted by Crippen LogP contribution is 2.38. The van der Waals surface area contributed by atoms with Crippen LogP contribution < -0.4 is 0 Å². The van der Waals surface area contributed by atoms with Gasteiger partial charge in [0.25, 0.3) is 0 Å². The molecule has 0 saturated carbocycles. The Morgan fingerprint density at radius 2 is 2.05 bits per heavy atom. The van der Waals surface area contributed by atoms with Crippen molar-refractivity contribution in [3.05, 3.63) is 70.0 Å². The van der Waals surface area contributed by atoms with E-state index in [9.17, 15) is 9.50 Å². The average molecular weight is 305 g/mol. The first-order chi connectivity index (χ1) is 10.1. The topological polar surface area (TPSA) is 20.2 Å². The van der Waals surface area contributed by atoms with Gasteiger partial charge in [0.1, 0.15) is 5.82 Å². The zero-order chi connectivity index (χ0) is 14.8. The van der Waals surface area contributed by atoms with Gasteiger partial charge in [-0.1, -0.05) is 35.9 Å². The van der Waals surface area contributed by atoms with E-state index in [2.05, 4.69) is 18.2 Å². The number of halogens is 2. The molecule has 0 saturated heterocycles. The molecule has 0 aromatic heterocycles. The molecule has 2 aromatic carbocycles. The zero-order valence-electron chi connectivity index (χ0n) is 11.7. The highest BCUT2D eigenvalue weighted by atomic mass is 35.5. The lowest BCUT2D eigenvalue weighted by Crippen LogP contribution is -2.13. The van der Waals surface area contributed by atoms with Gasteiger partial charge < -0.3 is 5.11 Å². The minimum Gasteiger partial charge on any atom is -0.388 e. The van der Waals surface area contributed by atoms with Crippen LogP contribution in [-0.4, -0.2) is 5.11 Å². The molecule has 0 fully saturated rings. The number of benzene rings is 2. The molecule has 2 unspecified atom stereocenters. The van der Waals surface area contributed by atoms with Gasteiger partial charge in [0.15, 0.2) is 0 Å². The molecular weight excluding hydrogens is 287 g/mol. The maximum absolute atomic E-state index is 13.4. The molecule has 1 nitrogen and oxygen atoms in total. The van der Waals surface area contributed by atoms with Crippen molar-refractivity contribution < 1.29 is 9.50 Å². The predicted octanol–water partition coefficient (Wildman–Crippen LogP) is 5.02. The molecular formula is C18H18ClFO. The Kier molecular flexibility index (Phi) is 4.27. The van der Waals surface area contributed by atoms with Crippen LogP contribution in [0.1, 0.15) is 48.0 Å². The van der Waals surface area contributed by atoms with Gasteiger partial charge in [-0.25, -0.2) is 4.39 Å². The number of hydrogen-bond donors (Lipinski definition) is 1. The molecule has 0 bridgehead atoms. The SMILES string of the molecule is OC(CC1CCCc2ccccc21)c1cc(F)cc(Cl)c1. The van der Waals surface area contributed by atoms with Crippen LogP contribution in [0.25, 0.3) is 0 Å². The number of rotatable bonds is 3. The summed E-state index contributed by atoms with van der Waals surface area (Å²) >= 11 is 5.87. The van der Waals surface area contributed by atoms with E-state index in [-0.39, 0.29) is 0 Å². The Hall–Kier alpha value is -1.38. The molecule has 2 atom stereocenters. The predicted molar refractivity (Wildman–Crippen MR) is 83.1 cm³/mol. The van der Waals surface area contributed by atoms with Gasteiger partial charge in [0.05, 0.1) is 6.10 Å². The van der Waals surface area contributed by atoms with Gasteiger partial charge in [0, 0.05) is 5.02 Å². The van der Waals surface area contributed by atoms with Crippen LogP contribution >= 0.6 is 11.6 Å². The fraction of sp³-hybridized carbons (Fsp3) is 0.333. The summed E-state index contributed by atoms with van der Waals surface area (Å²) in [5.41, 5.74) is 3.26. The third-order valence-corrected chi connectivity index (χ3v) is 4.49. The molecule has 110 valence electrons. The normalized spacial score (nSPS) is 19.1. The summed E-state index contributed by atoms with van der Waals surface area (Å²) < 4.78 is 13.4. The summed E-state index contributed by atoms with van der Waals surface area (Å²) in [5, 5.41) is 10.7. The Morgan fingerprint density at radius 3 is 2.86 bits per heavy atom. The van der Waals surface area contributed by atoms with Crippen molar-refractivity contribution in [2.24, 2.45) is 0 Å². The highest BCUT2D eigenvalue weighted by molar-refractivity contribution is 6.30. The van der Waals surface area contributed by atoms with Crippen LogP contribution in [-0.2, 0) is 6.42 Å². The van der Waals surface area contributed by atoms with Crippen molar-refractivity contribution in [2.45, 2.75) is 37.7 Å². The number of aryl methyl sites for hydroxylation is 1. The monoisotopic (exact) mass is 304 g/mol. The van der Waals surface area contributed by atoms with Gasteiger partial charge in [0.2, 0.25) is 0 Å². The lowest BCUT2D eigenvalue weighted by molar-refractivity contribution is 0.153. The Labute approximate surface area is 129 Å². The summed E-state index contributed by atoms with van der Waals surface area (Å²) in [6.07, 6.45) is 3.23. The summed E-state index contributed by atoms with van der Waals surface area (Å²) in [6.45, 7) is 0. The van der Waals surface area contributed by atoms with Gasteiger partial charge in [-0.15, -0.1) is 0 Å². The third kappa shape index (κ3) is 3.28. The van der Waals surface area contributed by atoms with Gasteiger partial charge in [-0.3, -0.25) is 0 Å². The minimum absolute atomic E-state index is 0.326. The number of aliphatic hydroxyl groups excluding tert-OH is 1. The van der Waals surface area contributed by atoms with Crippen molar-refractivity contribution in [2.75, 3.05) is 0 Å². The molecule has 1 aliphatic rings. The van der Waals surface area contributed by atoms with E-state index < -0.39 is 11.9 Å². The van der Waals surface area contributed by atoms with Crippen molar-refractivity contribution in [3.63, 3.8) is 0 Å². The molecule has 0 amide bonds. The highest BCUT2D eigenvalue weighted by Gasteiger charge is 2.23. The first-order valence-electron chi connectivity index (χ1n) is 7.35. The quantitative estimate of drug-likeness (QED) is 0.844. The molecule has 0 spiro atoms. The molecule has 1 N–H and O–H groups in total. The van der Waals surface area contributed by atoms with Gasteiger partial charge in [-0.05, 0) is 66.5 Å². The Morgan fingerprint density at radius 1 is 1.24 bits per heavy atom. The van der Waals surface area contributed by atoms with Crippen LogP contribution in [0.4, 0.5) is 4.39 Å². The molecule has 0 heterocycles. The van der Waals surface area contributed by atoms with Crippen LogP contribution in [0, 0.1) is 5.82 Å². The van der Waals surface area contributed by atoms with Gasteiger partial charge in [-0.2, -0.15) is 0 Å². The molecule has 3 heteroatoms. The van der Waals surface area contributed by atoms with E-state index in [1.165, 1.54) is 23.3 Å². The lowest BCUT2D eigenvalue weighted by atomic mass is 9.79. The minimum atomic E-state index is -0.686. The van der Waals surface area contributed by atoms with Gasteiger partial charge >= 0.3 is 0 Å². The first kappa shape index (κ1) is 14.6. The molecule has 0 radical (unpaired) electrons. The van der Waals surface area contributed by atoms with E-state index in [1.54, 1.807) is 6.07 Å². The van der Waals surface area contributed by atoms with Crippen LogP contribution in [0.2, 0.25) is 5.02 Å². The number of hydrogen-bond acceptors (Lipinski definition) is 1. The fourth-order valence-electron chi connectivity index (χ4n) is 3.27. The molecule has 0 aliphatic heterocycles. The van der Waals surface area contributed by atoms with E-state index in [0.29, 0.717) is 22.9 Å². The maximum atomic E-state index is 13.4. The standard InChI is InChI=1S/C18H18ClFO/c19-15-8-14(9-16(20)11-15)18(21)10-13-6-3-5-12-4-1-2-7-17(12)13/h1-2,4,7-9,11,13,18,21H,3,5-6,10H2. The molecule has 3 rings (SSSR count). The second kappa shape index (κ2) is 6.17. The van der Waals surface area contributed by atoms with E-state index in [4.69, 9.17) is 11.6 Å². The van der Waals surface area contributed by atoms with Crippen LogP contribution in [0.5, 0.6) is 0 Å². The second-order valence-corrected chi connectivity index (χ2v) is 6.18. The fourth-order valence-corrected chi connectivity index (χ4v) is 3.50. The summed E-state index contributed by atoms with van der Waals surface area (Å²) in [4.78, 5) is 0. The van der Waals surface area contributed by atoms with Crippen molar-refractivity contribution in [1.82, 2.24) is 0 Å². The largest absolute Gasteiger partial charge is 0.388 e. The van der Waals surface area contributed by atoms with Crippen LogP contribution in [0.3, 0.4) is 0 Å². The Bertz CT molecular complexity index is 621. The second-order valence-electron chi connectivity index (χ2n) is 5.74. The van der Waals surface area contributed by atoms with Crippen molar-refractivity contribution in [3.8, 4) is 0 Å². The van der Waals surface area contributed by atoms with E-state index in [1.807, 2.05) is 6.07 Å². The van der Waals surface area contributed by atoms with E-state index in [0.717, 1.165) is 19.3 Å². The third-order valence-electron chi connectivity index (χ3n) is 4.27. The van der Waals surface area contributed by atoms with Crippen molar-refractivity contribution in [1.29, 1.82) is 0 Å². The van der Waals surface area contributed by atoms with E-state index >= 15 is 0 Å². The first-order valence-corrected chi connectivity index (χ1v) is 7.73. The summed E-state index contributed by atoms with van der Waals surface area (Å²) in [6, 6.07) is 12.7. The smallest absolute Gasteiger partial charge is 0.125 e.